The van der Waals surface area contributed by atoms with Crippen molar-refractivity contribution in [1.29, 1.82) is 0 Å². The fraction of sp³-hybridized carbons (Fsp3) is 0.244. The molecule has 0 fully saturated rings. The topological polar surface area (TPSA) is 75.1 Å². The van der Waals surface area contributed by atoms with E-state index in [1.807, 2.05) is 96.2 Å². The molecule has 2 aliphatic heterocycles. The van der Waals surface area contributed by atoms with Crippen molar-refractivity contribution in [3.63, 3.8) is 0 Å². The van der Waals surface area contributed by atoms with Crippen molar-refractivity contribution in [2.75, 3.05) is 18.5 Å². The first-order valence-corrected chi connectivity index (χ1v) is 16.7. The molecule has 7 rings (SSSR count). The number of amides is 3. The normalized spacial score (nSPS) is 14.7. The Bertz CT molecular complexity index is 2080. The molecule has 0 radical (unpaired) electrons. The first kappa shape index (κ1) is 38.6. The second kappa shape index (κ2) is 16.4. The Morgan fingerprint density at radius 3 is 2.14 bits per heavy atom. The molecule has 0 N–H and O–H groups in total. The Labute approximate surface area is 346 Å². The molecule has 3 heterocycles. The van der Waals surface area contributed by atoms with Gasteiger partial charge in [-0.25, -0.2) is 4.79 Å². The summed E-state index contributed by atoms with van der Waals surface area (Å²) in [5, 5.41) is 0. The number of carbonyl (C=O) groups is 3. The van der Waals surface area contributed by atoms with Crippen LogP contribution >= 0.6 is 0 Å². The van der Waals surface area contributed by atoms with E-state index >= 15 is 0 Å². The predicted octanol–water partition coefficient (Wildman–Crippen LogP) is 1.65. The van der Waals surface area contributed by atoms with E-state index in [9.17, 15) is 14.4 Å². The molecule has 51 heavy (non-hydrogen) atoms. The van der Waals surface area contributed by atoms with Gasteiger partial charge in [0, 0.05) is 68.0 Å². The van der Waals surface area contributed by atoms with E-state index in [-0.39, 0.29) is 79.8 Å². The van der Waals surface area contributed by atoms with Crippen LogP contribution in [0.1, 0.15) is 58.4 Å². The van der Waals surface area contributed by atoms with Gasteiger partial charge in [-0.2, -0.15) is 0 Å². The van der Waals surface area contributed by atoms with Gasteiger partial charge in [-0.05, 0) is 91.4 Å². The van der Waals surface area contributed by atoms with E-state index in [1.54, 1.807) is 29.0 Å². The Morgan fingerprint density at radius 2 is 1.43 bits per heavy atom. The molecule has 2 aliphatic rings. The number of rotatable bonds is 5. The van der Waals surface area contributed by atoms with Crippen LogP contribution in [0, 0.1) is 6.92 Å². The first-order chi connectivity index (χ1) is 23.7. The zero-order valence-electron chi connectivity index (χ0n) is 32.3. The average Bonchev–Trinajstić information content (AvgIpc) is 3.43. The van der Waals surface area contributed by atoms with Crippen LogP contribution in [0.5, 0.6) is 5.75 Å². The van der Waals surface area contributed by atoms with Crippen molar-refractivity contribution in [2.24, 2.45) is 7.05 Å². The van der Waals surface area contributed by atoms with Gasteiger partial charge in [0.15, 0.2) is 0 Å². The number of fused-ring (bicyclic) bond motifs is 2. The van der Waals surface area contributed by atoms with Gasteiger partial charge in [-0.1, -0.05) is 60.7 Å². The van der Waals surface area contributed by atoms with Gasteiger partial charge < -0.3 is 26.9 Å². The number of benzene rings is 4. The summed E-state index contributed by atoms with van der Waals surface area (Å²) in [5.74, 6) is 0.299. The Balaban J connectivity index is 0.00000189. The molecule has 0 bridgehead atoms. The van der Waals surface area contributed by atoms with Crippen LogP contribution in [0.25, 0.3) is 11.3 Å². The number of nitrogens with zero attached hydrogens (tertiary/aromatic N) is 4. The Kier molecular flexibility index (Phi) is 12.4. The summed E-state index contributed by atoms with van der Waals surface area (Å²) in [6, 6.07) is 32.9. The summed E-state index contributed by atoms with van der Waals surface area (Å²) in [4.78, 5) is 47.0. The van der Waals surface area contributed by atoms with Gasteiger partial charge in [0.1, 0.15) is 5.75 Å². The van der Waals surface area contributed by atoms with Crippen molar-refractivity contribution in [3.8, 4) is 17.0 Å². The third-order valence-corrected chi connectivity index (χ3v) is 10.0. The molecule has 0 spiro atoms. The molecule has 3 amide bonds. The van der Waals surface area contributed by atoms with Gasteiger partial charge in [0.25, 0.3) is 11.8 Å². The second-order valence-electron chi connectivity index (χ2n) is 13.1. The minimum atomic E-state index is -0.418. The molecule has 1 atom stereocenters. The fourth-order valence-corrected chi connectivity index (χ4v) is 7.04. The van der Waals surface area contributed by atoms with E-state index in [1.165, 1.54) is 5.56 Å². The summed E-state index contributed by atoms with van der Waals surface area (Å²) < 4.78 is 7.67. The van der Waals surface area contributed by atoms with E-state index in [2.05, 4.69) is 25.1 Å². The zero-order chi connectivity index (χ0) is 34.2. The summed E-state index contributed by atoms with van der Waals surface area (Å²) in [7, 11) is 3.72. The van der Waals surface area contributed by atoms with E-state index < -0.39 is 6.09 Å². The van der Waals surface area contributed by atoms with E-state index in [0.29, 0.717) is 42.9 Å². The van der Waals surface area contributed by atoms with Crippen LogP contribution in [0.2, 0.25) is 0 Å². The summed E-state index contributed by atoms with van der Waals surface area (Å²) in [6.07, 6.45) is 0.966. The smallest absolute Gasteiger partial charge is 1.00 e. The van der Waals surface area contributed by atoms with Crippen molar-refractivity contribution in [1.82, 2.24) is 14.4 Å². The number of ether oxygens (including phenoxy) is 1. The molecule has 0 unspecified atom stereocenters. The molecule has 4 aromatic carbocycles. The number of hydrogen-bond acceptors (Lipinski definition) is 4. The number of hydrogen-bond donors (Lipinski definition) is 0. The number of para-hydroxylation sites is 2. The monoisotopic (exact) mass is 700 g/mol. The van der Waals surface area contributed by atoms with Crippen LogP contribution in [-0.4, -0.2) is 51.9 Å². The van der Waals surface area contributed by atoms with Crippen LogP contribution in [0.4, 0.5) is 10.5 Å². The molecule has 0 saturated carbocycles. The molecule has 0 aliphatic carbocycles. The van der Waals surface area contributed by atoms with Crippen LogP contribution in [0.15, 0.2) is 103 Å². The second-order valence-corrected chi connectivity index (χ2v) is 13.1. The van der Waals surface area contributed by atoms with E-state index in [4.69, 9.17) is 4.74 Å². The molecule has 0 saturated heterocycles. The van der Waals surface area contributed by atoms with Gasteiger partial charge in [-0.3, -0.25) is 9.59 Å². The number of anilines is 1. The largest absolute Gasteiger partial charge is 1.00 e. The molecular formula is C41H42N4Na2O4. The number of aromatic nitrogens is 1. The quantitative estimate of drug-likeness (QED) is 0.262. The van der Waals surface area contributed by atoms with Crippen molar-refractivity contribution < 1.29 is 81.1 Å². The van der Waals surface area contributed by atoms with Gasteiger partial charge in [-0.15, -0.1) is 0 Å². The summed E-state index contributed by atoms with van der Waals surface area (Å²) in [6.45, 7) is 5.37. The van der Waals surface area contributed by atoms with Gasteiger partial charge >= 0.3 is 65.2 Å². The third kappa shape index (κ3) is 7.77. The minimum absolute atomic E-state index is 0. The predicted molar refractivity (Wildman–Crippen MR) is 193 cm³/mol. The van der Waals surface area contributed by atoms with E-state index in [0.717, 1.165) is 45.7 Å². The number of carbonyl (C=O) groups excluding carboxylic acids is 3. The Morgan fingerprint density at radius 1 is 0.784 bits per heavy atom. The van der Waals surface area contributed by atoms with Crippen LogP contribution in [-0.2, 0) is 33.0 Å². The van der Waals surface area contributed by atoms with Crippen molar-refractivity contribution in [3.05, 3.63) is 142 Å². The molecular weight excluding hydrogens is 658 g/mol. The van der Waals surface area contributed by atoms with Gasteiger partial charge in [0.2, 0.25) is 0 Å². The summed E-state index contributed by atoms with van der Waals surface area (Å²) in [5.41, 5.74) is 8.72. The van der Waals surface area contributed by atoms with Crippen LogP contribution in [0.3, 0.4) is 0 Å². The fourth-order valence-electron chi connectivity index (χ4n) is 7.04. The first-order valence-electron chi connectivity index (χ1n) is 16.7. The maximum absolute atomic E-state index is 14.7. The molecule has 5 aromatic rings. The maximum Gasteiger partial charge on any atom is 1.00 e. The van der Waals surface area contributed by atoms with Gasteiger partial charge in [0.05, 0.1) is 5.56 Å². The summed E-state index contributed by atoms with van der Waals surface area (Å²) >= 11 is 0. The van der Waals surface area contributed by atoms with Crippen molar-refractivity contribution >= 4 is 23.6 Å². The zero-order valence-corrected chi connectivity index (χ0v) is 34.3. The molecule has 10 heteroatoms. The van der Waals surface area contributed by atoms with Crippen molar-refractivity contribution in [2.45, 2.75) is 45.8 Å². The molecule has 1 aromatic heterocycles. The Hall–Kier alpha value is -3.63. The average molecular weight is 701 g/mol. The van der Waals surface area contributed by atoms with Crippen LogP contribution < -0.4 is 68.8 Å². The molecule has 8 nitrogen and oxygen atoms in total. The standard InChI is InChI=1S/C41H40N4O4.2Na.2H/c1-27-21-29-13-11-12-14-31(29)26-45(27)40(47)37-23-32-25-44(41(48)49-34-17-9-6-10-18-34)20-19-30(32)22-36(37)38-24-35(28(2)42(38)3)39(46)43(4)33-15-7-5-8-16-33;;;;/h5-18,22-24,27H,19-21,25-26H2,1-4H3;;;;/q;2*+1;2*-1/t27-;;;;/m1..../s1. The SMILES string of the molecule is Cc1c(C(=O)N(C)c2ccccc2)cc(-c2cc3c(cc2C(=O)N2Cc4ccccc4C[C@H]2C)CN(C(=O)Oc2ccccc2)CC3)n1C.[H-].[H-].[Na+].[Na+]. The minimum Gasteiger partial charge on any atom is -1.00 e. The molecule has 252 valence electrons. The maximum atomic E-state index is 14.7. The third-order valence-electron chi connectivity index (χ3n) is 10.0.